The molecule has 1 heterocycles. The van der Waals surface area contributed by atoms with Crippen LogP contribution in [-0.4, -0.2) is 15.9 Å². The van der Waals surface area contributed by atoms with Crippen molar-refractivity contribution in [3.05, 3.63) is 69.4 Å². The third-order valence-corrected chi connectivity index (χ3v) is 3.06. The van der Waals surface area contributed by atoms with Gasteiger partial charge in [-0.05, 0) is 12.1 Å². The van der Waals surface area contributed by atoms with E-state index in [0.29, 0.717) is 11.1 Å². The first kappa shape index (κ1) is 14.9. The fraction of sp³-hybridized carbons (Fsp3) is 0.0714. The van der Waals surface area contributed by atoms with Gasteiger partial charge in [0.05, 0.1) is 5.56 Å². The number of aromatic nitrogens is 1. The zero-order valence-corrected chi connectivity index (χ0v) is 11.7. The predicted octanol–water partition coefficient (Wildman–Crippen LogP) is 1.08. The first-order valence-corrected chi connectivity index (χ1v) is 6.43. The summed E-state index contributed by atoms with van der Waals surface area (Å²) < 4.78 is 13.8. The van der Waals surface area contributed by atoms with Crippen LogP contribution in [0.3, 0.4) is 0 Å². The molecule has 1 amide bonds. The molecule has 0 unspecified atom stereocenters. The summed E-state index contributed by atoms with van der Waals surface area (Å²) in [7, 11) is 0. The summed E-state index contributed by atoms with van der Waals surface area (Å²) in [5.41, 5.74) is 6.14. The predicted molar refractivity (Wildman–Crippen MR) is 80.5 cm³/mol. The van der Waals surface area contributed by atoms with Crippen molar-refractivity contribution in [2.45, 2.75) is 6.54 Å². The SMILES string of the molecule is NC(=S)c1ccc(CNC(=O)c2ccc(=O)[nH]c2)c(F)c1. The Labute approximate surface area is 125 Å². The molecular formula is C14H12FN3O2S. The van der Waals surface area contributed by atoms with E-state index < -0.39 is 11.7 Å². The van der Waals surface area contributed by atoms with Gasteiger partial charge in [0, 0.05) is 29.9 Å². The van der Waals surface area contributed by atoms with E-state index in [9.17, 15) is 14.0 Å². The lowest BCUT2D eigenvalue weighted by Crippen LogP contribution is -2.24. The molecule has 0 aliphatic heterocycles. The van der Waals surface area contributed by atoms with Crippen LogP contribution in [-0.2, 0) is 6.54 Å². The van der Waals surface area contributed by atoms with Crippen molar-refractivity contribution < 1.29 is 9.18 Å². The zero-order chi connectivity index (χ0) is 15.4. The molecule has 0 bridgehead atoms. The number of hydrogen-bond donors (Lipinski definition) is 3. The van der Waals surface area contributed by atoms with E-state index in [0.717, 1.165) is 0 Å². The number of pyridine rings is 1. The molecule has 108 valence electrons. The minimum absolute atomic E-state index is 0.0153. The number of carbonyl (C=O) groups excluding carboxylic acids is 1. The average Bonchev–Trinajstić information content (AvgIpc) is 2.46. The van der Waals surface area contributed by atoms with Crippen LogP contribution in [0.5, 0.6) is 0 Å². The fourth-order valence-electron chi connectivity index (χ4n) is 1.67. The second-order valence-corrected chi connectivity index (χ2v) is 4.73. The molecule has 2 aromatic rings. The lowest BCUT2D eigenvalue weighted by atomic mass is 10.1. The molecule has 0 aliphatic carbocycles. The monoisotopic (exact) mass is 305 g/mol. The normalized spacial score (nSPS) is 10.1. The molecule has 21 heavy (non-hydrogen) atoms. The highest BCUT2D eigenvalue weighted by atomic mass is 32.1. The highest BCUT2D eigenvalue weighted by Crippen LogP contribution is 2.10. The summed E-state index contributed by atoms with van der Waals surface area (Å²) in [6.07, 6.45) is 1.30. The maximum absolute atomic E-state index is 13.8. The molecule has 2 rings (SSSR count). The smallest absolute Gasteiger partial charge is 0.253 e. The van der Waals surface area contributed by atoms with Gasteiger partial charge in [-0.25, -0.2) is 4.39 Å². The number of H-pyrrole nitrogens is 1. The highest BCUT2D eigenvalue weighted by molar-refractivity contribution is 7.80. The van der Waals surface area contributed by atoms with E-state index >= 15 is 0 Å². The van der Waals surface area contributed by atoms with Gasteiger partial charge in [-0.1, -0.05) is 24.4 Å². The summed E-state index contributed by atoms with van der Waals surface area (Å²) >= 11 is 4.76. The van der Waals surface area contributed by atoms with Gasteiger partial charge in [-0.3, -0.25) is 9.59 Å². The minimum Gasteiger partial charge on any atom is -0.389 e. The van der Waals surface area contributed by atoms with Crippen LogP contribution >= 0.6 is 12.2 Å². The molecule has 0 saturated heterocycles. The minimum atomic E-state index is -0.498. The van der Waals surface area contributed by atoms with Crippen molar-refractivity contribution in [2.24, 2.45) is 5.73 Å². The van der Waals surface area contributed by atoms with Crippen molar-refractivity contribution in [1.82, 2.24) is 10.3 Å². The summed E-state index contributed by atoms with van der Waals surface area (Å²) in [4.78, 5) is 25.2. The average molecular weight is 305 g/mol. The summed E-state index contributed by atoms with van der Waals surface area (Å²) in [5, 5.41) is 2.56. The van der Waals surface area contributed by atoms with E-state index in [1.165, 1.54) is 30.5 Å². The van der Waals surface area contributed by atoms with Crippen molar-refractivity contribution in [1.29, 1.82) is 0 Å². The van der Waals surface area contributed by atoms with Crippen LogP contribution < -0.4 is 16.6 Å². The second-order valence-electron chi connectivity index (χ2n) is 4.29. The van der Waals surface area contributed by atoms with Gasteiger partial charge < -0.3 is 16.0 Å². The van der Waals surface area contributed by atoms with Gasteiger partial charge in [-0.15, -0.1) is 0 Å². The first-order chi connectivity index (χ1) is 9.97. The Kier molecular flexibility index (Phi) is 4.44. The molecule has 7 heteroatoms. The van der Waals surface area contributed by atoms with Gasteiger partial charge in [0.15, 0.2) is 0 Å². The molecule has 5 nitrogen and oxygen atoms in total. The lowest BCUT2D eigenvalue weighted by Gasteiger charge is -2.07. The Hall–Kier alpha value is -2.54. The van der Waals surface area contributed by atoms with Gasteiger partial charge in [0.1, 0.15) is 10.8 Å². The van der Waals surface area contributed by atoms with Crippen molar-refractivity contribution in [3.63, 3.8) is 0 Å². The Bertz CT molecular complexity index is 738. The molecular weight excluding hydrogens is 293 g/mol. The number of nitrogens with one attached hydrogen (secondary N) is 2. The van der Waals surface area contributed by atoms with Crippen molar-refractivity contribution >= 4 is 23.1 Å². The Morgan fingerprint density at radius 2 is 2.00 bits per heavy atom. The van der Waals surface area contributed by atoms with Crippen LogP contribution in [0.25, 0.3) is 0 Å². The van der Waals surface area contributed by atoms with Gasteiger partial charge in [-0.2, -0.15) is 0 Å². The lowest BCUT2D eigenvalue weighted by molar-refractivity contribution is 0.0950. The number of aromatic amines is 1. The largest absolute Gasteiger partial charge is 0.389 e. The van der Waals surface area contributed by atoms with Gasteiger partial charge >= 0.3 is 0 Å². The van der Waals surface area contributed by atoms with Crippen LogP contribution in [0.1, 0.15) is 21.5 Å². The van der Waals surface area contributed by atoms with Gasteiger partial charge in [0.25, 0.3) is 5.91 Å². The van der Waals surface area contributed by atoms with Gasteiger partial charge in [0.2, 0.25) is 5.56 Å². The first-order valence-electron chi connectivity index (χ1n) is 6.02. The van der Waals surface area contributed by atoms with Crippen LogP contribution in [0.15, 0.2) is 41.3 Å². The number of carbonyl (C=O) groups is 1. The van der Waals surface area contributed by atoms with Crippen molar-refractivity contribution in [2.75, 3.05) is 0 Å². The number of nitrogens with two attached hydrogens (primary N) is 1. The molecule has 1 aromatic heterocycles. The number of rotatable bonds is 4. The molecule has 0 radical (unpaired) electrons. The molecule has 0 saturated carbocycles. The summed E-state index contributed by atoms with van der Waals surface area (Å²) in [5.74, 6) is -0.911. The number of thiocarbonyl (C=S) groups is 1. The number of halogens is 1. The summed E-state index contributed by atoms with van der Waals surface area (Å²) in [6.45, 7) is 0.0153. The molecule has 0 fully saturated rings. The summed E-state index contributed by atoms with van der Waals surface area (Å²) in [6, 6.07) is 6.96. The molecule has 0 spiro atoms. The topological polar surface area (TPSA) is 88.0 Å². The van der Waals surface area contributed by atoms with E-state index in [1.807, 2.05) is 0 Å². The molecule has 4 N–H and O–H groups in total. The Morgan fingerprint density at radius 1 is 1.29 bits per heavy atom. The van der Waals surface area contributed by atoms with Crippen LogP contribution in [0.4, 0.5) is 4.39 Å². The Morgan fingerprint density at radius 3 is 2.57 bits per heavy atom. The highest BCUT2D eigenvalue weighted by Gasteiger charge is 2.09. The maximum Gasteiger partial charge on any atom is 0.253 e. The quantitative estimate of drug-likeness (QED) is 0.738. The fourth-order valence-corrected chi connectivity index (χ4v) is 1.80. The number of hydrogen-bond acceptors (Lipinski definition) is 3. The van der Waals surface area contributed by atoms with E-state index in [-0.39, 0.29) is 22.7 Å². The molecule has 0 atom stereocenters. The third kappa shape index (κ3) is 3.73. The van der Waals surface area contributed by atoms with Crippen molar-refractivity contribution in [3.8, 4) is 0 Å². The Balaban J connectivity index is 2.06. The maximum atomic E-state index is 13.8. The third-order valence-electron chi connectivity index (χ3n) is 2.82. The number of amides is 1. The van der Waals surface area contributed by atoms with E-state index in [1.54, 1.807) is 6.07 Å². The standard InChI is InChI=1S/C14H12FN3O2S/c15-11-5-8(13(16)21)1-2-9(11)6-18-14(20)10-3-4-12(19)17-7-10/h1-5,7H,6H2,(H2,16,21)(H,17,19)(H,18,20). The number of benzene rings is 1. The van der Waals surface area contributed by atoms with E-state index in [4.69, 9.17) is 18.0 Å². The molecule has 1 aromatic carbocycles. The van der Waals surface area contributed by atoms with Crippen LogP contribution in [0.2, 0.25) is 0 Å². The molecule has 0 aliphatic rings. The van der Waals surface area contributed by atoms with Crippen LogP contribution in [0, 0.1) is 5.82 Å². The second kappa shape index (κ2) is 6.27. The van der Waals surface area contributed by atoms with E-state index in [2.05, 4.69) is 10.3 Å². The zero-order valence-electron chi connectivity index (χ0n) is 10.9.